The maximum absolute atomic E-state index is 4.71. The Labute approximate surface area is 154 Å². The highest BCUT2D eigenvalue weighted by Crippen LogP contribution is 2.37. The number of likely N-dealkylation sites (tertiary alicyclic amines) is 1. The Balaban J connectivity index is 1.38. The Morgan fingerprint density at radius 3 is 2.62 bits per heavy atom. The molecule has 0 unspecified atom stereocenters. The van der Waals surface area contributed by atoms with Gasteiger partial charge in [-0.1, -0.05) is 0 Å². The van der Waals surface area contributed by atoms with E-state index < -0.39 is 0 Å². The largest absolute Gasteiger partial charge is 0.346 e. The quantitative estimate of drug-likeness (QED) is 0.775. The van der Waals surface area contributed by atoms with Crippen LogP contribution in [0.1, 0.15) is 50.0 Å². The lowest BCUT2D eigenvalue weighted by Crippen LogP contribution is -2.35. The molecule has 4 heterocycles. The third-order valence-corrected chi connectivity index (χ3v) is 6.39. The summed E-state index contributed by atoms with van der Waals surface area (Å²) < 4.78 is 1.85. The zero-order chi connectivity index (χ0) is 17.5. The van der Waals surface area contributed by atoms with Gasteiger partial charge >= 0.3 is 0 Å². The number of pyridine rings is 1. The number of nitrogens with one attached hydrogen (secondary N) is 1. The van der Waals surface area contributed by atoms with Gasteiger partial charge in [-0.3, -0.25) is 4.68 Å². The van der Waals surface area contributed by atoms with Crippen LogP contribution in [0.3, 0.4) is 0 Å². The van der Waals surface area contributed by atoms with Gasteiger partial charge in [0.05, 0.1) is 6.20 Å². The molecule has 0 radical (unpaired) electrons. The first-order chi connectivity index (χ1) is 12.8. The topological polar surface area (TPSA) is 49.7 Å². The first kappa shape index (κ1) is 16.1. The van der Waals surface area contributed by atoms with Crippen molar-refractivity contribution in [2.24, 2.45) is 7.05 Å². The van der Waals surface area contributed by atoms with Crippen molar-refractivity contribution < 1.29 is 0 Å². The van der Waals surface area contributed by atoms with E-state index in [0.29, 0.717) is 5.92 Å². The average Bonchev–Trinajstić information content (AvgIpc) is 3.42. The van der Waals surface area contributed by atoms with Crippen LogP contribution in [0.2, 0.25) is 0 Å². The van der Waals surface area contributed by atoms with Crippen molar-refractivity contribution in [1.82, 2.24) is 24.6 Å². The number of nitrogens with zero attached hydrogens (tertiary/aromatic N) is 4. The van der Waals surface area contributed by atoms with Crippen LogP contribution in [0.15, 0.2) is 30.9 Å². The van der Waals surface area contributed by atoms with Gasteiger partial charge in [-0.2, -0.15) is 5.10 Å². The molecule has 1 N–H and O–H groups in total. The zero-order valence-corrected chi connectivity index (χ0v) is 15.5. The predicted molar refractivity (Wildman–Crippen MR) is 104 cm³/mol. The van der Waals surface area contributed by atoms with Gasteiger partial charge in [-0.25, -0.2) is 4.98 Å². The number of H-pyrrole nitrogens is 1. The number of fused-ring (bicyclic) bond motifs is 1. The highest BCUT2D eigenvalue weighted by molar-refractivity contribution is 5.93. The van der Waals surface area contributed by atoms with E-state index in [1.807, 2.05) is 17.9 Å². The molecule has 3 aromatic heterocycles. The summed E-state index contributed by atoms with van der Waals surface area (Å²) in [5, 5.41) is 5.54. The Bertz CT molecular complexity index is 894. The van der Waals surface area contributed by atoms with Gasteiger partial charge in [0.2, 0.25) is 0 Å². The van der Waals surface area contributed by atoms with Crippen LogP contribution in [0.4, 0.5) is 0 Å². The van der Waals surface area contributed by atoms with Crippen molar-refractivity contribution in [2.75, 3.05) is 13.1 Å². The van der Waals surface area contributed by atoms with Crippen molar-refractivity contribution in [2.45, 2.75) is 50.5 Å². The number of hydrogen-bond donors (Lipinski definition) is 1. The van der Waals surface area contributed by atoms with Crippen molar-refractivity contribution in [1.29, 1.82) is 0 Å². The van der Waals surface area contributed by atoms with Gasteiger partial charge in [0.15, 0.2) is 0 Å². The zero-order valence-electron chi connectivity index (χ0n) is 15.5. The van der Waals surface area contributed by atoms with E-state index in [2.05, 4.69) is 39.6 Å². The second-order valence-electron chi connectivity index (χ2n) is 8.02. The van der Waals surface area contributed by atoms with Crippen LogP contribution in [-0.4, -0.2) is 43.8 Å². The van der Waals surface area contributed by atoms with Crippen LogP contribution >= 0.6 is 0 Å². The average molecular weight is 349 g/mol. The third-order valence-electron chi connectivity index (χ3n) is 6.39. The first-order valence-electron chi connectivity index (χ1n) is 9.98. The number of aryl methyl sites for hydroxylation is 1. The molecule has 1 saturated heterocycles. The Morgan fingerprint density at radius 1 is 1.08 bits per heavy atom. The highest BCUT2D eigenvalue weighted by atomic mass is 15.2. The molecule has 0 bridgehead atoms. The Hall–Kier alpha value is -2.14. The van der Waals surface area contributed by atoms with Crippen LogP contribution in [-0.2, 0) is 7.05 Å². The molecule has 1 aliphatic heterocycles. The van der Waals surface area contributed by atoms with E-state index in [1.54, 1.807) is 0 Å². The minimum absolute atomic E-state index is 0.655. The van der Waals surface area contributed by atoms with Crippen molar-refractivity contribution in [3.63, 3.8) is 0 Å². The molecule has 0 atom stereocenters. The predicted octanol–water partition coefficient (Wildman–Crippen LogP) is 4.09. The van der Waals surface area contributed by atoms with Crippen molar-refractivity contribution in [3.8, 4) is 11.1 Å². The lowest BCUT2D eigenvalue weighted by molar-refractivity contribution is 0.182. The molecule has 5 rings (SSSR count). The number of rotatable bonds is 3. The molecule has 3 aromatic rings. The third kappa shape index (κ3) is 2.84. The molecule has 1 aliphatic carbocycles. The molecule has 26 heavy (non-hydrogen) atoms. The highest BCUT2D eigenvalue weighted by Gasteiger charge is 2.28. The minimum Gasteiger partial charge on any atom is -0.346 e. The lowest BCUT2D eigenvalue weighted by Gasteiger charge is -2.34. The summed E-state index contributed by atoms with van der Waals surface area (Å²) >= 11 is 0. The summed E-state index contributed by atoms with van der Waals surface area (Å²) in [6.45, 7) is 2.64. The van der Waals surface area contributed by atoms with Crippen molar-refractivity contribution in [3.05, 3.63) is 36.4 Å². The normalized spacial score (nSPS) is 24.5. The van der Waals surface area contributed by atoms with E-state index in [4.69, 9.17) is 4.98 Å². The number of hydrogen-bond acceptors (Lipinski definition) is 3. The van der Waals surface area contributed by atoms with Gasteiger partial charge in [0, 0.05) is 48.2 Å². The minimum atomic E-state index is 0.655. The van der Waals surface area contributed by atoms with Gasteiger partial charge in [-0.15, -0.1) is 0 Å². The molecule has 0 aromatic carbocycles. The Kier molecular flexibility index (Phi) is 4.04. The van der Waals surface area contributed by atoms with Gasteiger partial charge in [-0.05, 0) is 69.2 Å². The summed E-state index contributed by atoms with van der Waals surface area (Å²) in [4.78, 5) is 10.8. The first-order valence-corrected chi connectivity index (χ1v) is 9.98. The fourth-order valence-electron chi connectivity index (χ4n) is 4.92. The van der Waals surface area contributed by atoms with Gasteiger partial charge < -0.3 is 9.88 Å². The molecule has 0 spiro atoms. The number of aromatic amines is 1. The molecule has 5 heteroatoms. The van der Waals surface area contributed by atoms with Crippen LogP contribution in [0, 0.1) is 0 Å². The number of aromatic nitrogens is 4. The van der Waals surface area contributed by atoms with E-state index in [9.17, 15) is 0 Å². The van der Waals surface area contributed by atoms with E-state index >= 15 is 0 Å². The maximum atomic E-state index is 4.71. The molecule has 1 saturated carbocycles. The molecule has 2 aliphatic rings. The lowest BCUT2D eigenvalue weighted by atomic mass is 9.81. The summed E-state index contributed by atoms with van der Waals surface area (Å²) in [5.74, 6) is 0.655. The van der Waals surface area contributed by atoms with E-state index in [1.165, 1.54) is 68.1 Å². The van der Waals surface area contributed by atoms with Gasteiger partial charge in [0.25, 0.3) is 0 Å². The van der Waals surface area contributed by atoms with Crippen LogP contribution < -0.4 is 0 Å². The summed E-state index contributed by atoms with van der Waals surface area (Å²) in [6, 6.07) is 3.19. The maximum Gasteiger partial charge on any atom is 0.137 e. The molecular weight excluding hydrogens is 322 g/mol. The van der Waals surface area contributed by atoms with Crippen molar-refractivity contribution >= 4 is 11.0 Å². The molecule has 136 valence electrons. The van der Waals surface area contributed by atoms with E-state index in [0.717, 1.165) is 17.3 Å². The fourth-order valence-corrected chi connectivity index (χ4v) is 4.92. The molecule has 2 fully saturated rings. The van der Waals surface area contributed by atoms with Gasteiger partial charge in [0.1, 0.15) is 5.65 Å². The van der Waals surface area contributed by atoms with Crippen LogP contribution in [0.25, 0.3) is 22.2 Å². The summed E-state index contributed by atoms with van der Waals surface area (Å²) in [7, 11) is 1.96. The van der Waals surface area contributed by atoms with Crippen LogP contribution in [0.5, 0.6) is 0 Å². The smallest absolute Gasteiger partial charge is 0.137 e. The second kappa shape index (κ2) is 6.54. The second-order valence-corrected chi connectivity index (χ2v) is 8.02. The molecule has 5 nitrogen and oxygen atoms in total. The summed E-state index contributed by atoms with van der Waals surface area (Å²) in [5.41, 5.74) is 4.73. The fraction of sp³-hybridized carbons (Fsp3) is 0.524. The standard InChI is InChI=1S/C21H27N5/c1-25-14-17(12-24-25)20-13-23-21-19(20)10-16(11-22-21)15-4-6-18(7-5-15)26-8-2-3-9-26/h10-15,18H,2-9H2,1H3,(H,22,23)/t15-,18+. The monoisotopic (exact) mass is 349 g/mol. The SMILES string of the molecule is Cn1cc(-c2c[nH]c3ncc([C@H]4CC[C@@H](N5CCCC5)CC4)cc23)cn1. The summed E-state index contributed by atoms with van der Waals surface area (Å²) in [6.07, 6.45) is 16.2. The Morgan fingerprint density at radius 2 is 1.88 bits per heavy atom. The molecule has 0 amide bonds. The molecular formula is C21H27N5. The van der Waals surface area contributed by atoms with E-state index in [-0.39, 0.29) is 0 Å².